The Labute approximate surface area is 447 Å². The van der Waals surface area contributed by atoms with Gasteiger partial charge in [0, 0.05) is 57.9 Å². The molecule has 15 nitrogen and oxygen atoms in total. The van der Waals surface area contributed by atoms with Crippen LogP contribution >= 0.6 is 0 Å². The van der Waals surface area contributed by atoms with Crippen LogP contribution in [0.1, 0.15) is 78.6 Å². The molecule has 410 valence electrons. The third-order valence-electron chi connectivity index (χ3n) is 11.9. The van der Waals surface area contributed by atoms with Crippen molar-refractivity contribution in [2.45, 2.75) is 67.5 Å². The summed E-state index contributed by atoms with van der Waals surface area (Å²) < 4.78 is 118. The van der Waals surface area contributed by atoms with Gasteiger partial charge in [0.25, 0.3) is 11.9 Å². The molecule has 0 saturated heterocycles. The van der Waals surface area contributed by atoms with E-state index in [1.165, 1.54) is 18.5 Å². The van der Waals surface area contributed by atoms with Gasteiger partial charge in [-0.25, -0.2) is 9.97 Å². The SMILES string of the molecule is C.C.CC(C)(C)COc1cc2c(c(F)n1)Oc1ccc(-c3cccnc3F)cc1[C@@]21COCC(N)=N1.CC(C)(C)COc1cc2c(c(F)n1)Oc1ccc(-c3cccnc3F)cc1[C@]21COCC(N)=N1.Fc1cccc(F)n1. The lowest BCUT2D eigenvalue weighted by Gasteiger charge is -2.39. The molecule has 9 heterocycles. The fourth-order valence-electron chi connectivity index (χ4n) is 8.59. The summed E-state index contributed by atoms with van der Waals surface area (Å²) in [6.45, 7) is 13.1. The topological polar surface area (TPSA) is 197 Å². The highest BCUT2D eigenvalue weighted by Gasteiger charge is 2.48. The second-order valence-electron chi connectivity index (χ2n) is 20.5. The van der Waals surface area contributed by atoms with Crippen LogP contribution in [-0.2, 0) is 20.6 Å². The maximum absolute atomic E-state index is 15.2. The van der Waals surface area contributed by atoms with Crippen LogP contribution in [0.4, 0.5) is 26.3 Å². The average molecular weight is 1080 g/mol. The quantitative estimate of drug-likeness (QED) is 0.118. The summed E-state index contributed by atoms with van der Waals surface area (Å²) in [7, 11) is 0. The second-order valence-corrected chi connectivity index (χ2v) is 20.5. The Bertz CT molecular complexity index is 3190. The first kappa shape index (κ1) is 57.5. The Morgan fingerprint density at radius 3 is 1.27 bits per heavy atom. The van der Waals surface area contributed by atoms with Crippen molar-refractivity contribution in [2.75, 3.05) is 39.6 Å². The lowest BCUT2D eigenvalue weighted by Crippen LogP contribution is -2.42. The van der Waals surface area contributed by atoms with Gasteiger partial charge < -0.3 is 39.9 Å². The fraction of sp³-hybridized carbons (Fsp3) is 0.316. The van der Waals surface area contributed by atoms with Crippen molar-refractivity contribution in [1.82, 2.24) is 24.9 Å². The maximum atomic E-state index is 15.2. The molecule has 2 aromatic carbocycles. The van der Waals surface area contributed by atoms with E-state index in [4.69, 9.17) is 49.9 Å². The zero-order valence-corrected chi connectivity index (χ0v) is 42.1. The lowest BCUT2D eigenvalue weighted by molar-refractivity contribution is 0.108. The Morgan fingerprint density at radius 2 is 0.923 bits per heavy atom. The first-order valence-corrected chi connectivity index (χ1v) is 23.8. The molecule has 0 bridgehead atoms. The molecule has 0 amide bonds. The zero-order valence-electron chi connectivity index (χ0n) is 42.1. The third kappa shape index (κ3) is 12.2. The van der Waals surface area contributed by atoms with Gasteiger partial charge >= 0.3 is 0 Å². The van der Waals surface area contributed by atoms with Gasteiger partial charge in [0.15, 0.2) is 11.5 Å². The molecule has 0 aliphatic carbocycles. The summed E-state index contributed by atoms with van der Waals surface area (Å²) in [6, 6.07) is 23.4. The van der Waals surface area contributed by atoms with Crippen LogP contribution in [0.15, 0.2) is 113 Å². The number of fused-ring (bicyclic) bond motifs is 8. The minimum absolute atomic E-state index is 0. The molecule has 21 heteroatoms. The molecule has 11 rings (SSSR count). The minimum atomic E-state index is -1.22. The van der Waals surface area contributed by atoms with Gasteiger partial charge in [0.1, 0.15) is 47.5 Å². The number of ether oxygens (including phenoxy) is 6. The molecule has 4 aliphatic heterocycles. The molecule has 4 aliphatic rings. The van der Waals surface area contributed by atoms with Crippen LogP contribution in [0.25, 0.3) is 22.3 Å². The van der Waals surface area contributed by atoms with E-state index in [-0.39, 0.29) is 87.0 Å². The van der Waals surface area contributed by atoms with Crippen LogP contribution in [0, 0.1) is 46.5 Å². The smallest absolute Gasteiger partial charge is 0.259 e. The monoisotopic (exact) mass is 1080 g/mol. The van der Waals surface area contributed by atoms with Crippen LogP contribution in [0.3, 0.4) is 0 Å². The van der Waals surface area contributed by atoms with Crippen molar-refractivity contribution >= 4 is 11.7 Å². The number of hydrogen-bond acceptors (Lipinski definition) is 15. The van der Waals surface area contributed by atoms with E-state index in [9.17, 15) is 17.6 Å². The zero-order chi connectivity index (χ0) is 54.2. The van der Waals surface area contributed by atoms with Gasteiger partial charge in [-0.2, -0.15) is 41.3 Å². The predicted molar refractivity (Wildman–Crippen MR) is 282 cm³/mol. The molecular formula is C57H59F6N9O6. The largest absolute Gasteiger partial charge is 0.477 e. The van der Waals surface area contributed by atoms with Gasteiger partial charge in [-0.3, -0.25) is 9.98 Å². The van der Waals surface area contributed by atoms with Crippen molar-refractivity contribution in [3.8, 4) is 57.0 Å². The lowest BCUT2D eigenvalue weighted by atomic mass is 9.80. The summed E-state index contributed by atoms with van der Waals surface area (Å²) in [6.07, 6.45) is 2.76. The van der Waals surface area contributed by atoms with Crippen LogP contribution in [0.2, 0.25) is 0 Å². The summed E-state index contributed by atoms with van der Waals surface area (Å²) in [5.74, 6) is -3.17. The molecule has 0 radical (unpaired) electrons. The molecular weight excluding hydrogens is 1020 g/mol. The molecule has 78 heavy (non-hydrogen) atoms. The van der Waals surface area contributed by atoms with Crippen LogP contribution in [-0.4, -0.2) is 76.2 Å². The first-order chi connectivity index (χ1) is 36.1. The van der Waals surface area contributed by atoms with Crippen LogP contribution < -0.4 is 30.4 Å². The maximum Gasteiger partial charge on any atom is 0.259 e. The van der Waals surface area contributed by atoms with E-state index in [0.29, 0.717) is 69.2 Å². The molecule has 0 unspecified atom stereocenters. The van der Waals surface area contributed by atoms with Gasteiger partial charge in [0.05, 0.1) is 26.4 Å². The van der Waals surface area contributed by atoms with Gasteiger partial charge in [0.2, 0.25) is 35.6 Å². The van der Waals surface area contributed by atoms with Crippen LogP contribution in [0.5, 0.6) is 34.8 Å². The van der Waals surface area contributed by atoms with Gasteiger partial charge in [-0.15, -0.1) is 0 Å². The highest BCUT2D eigenvalue weighted by atomic mass is 19.2. The van der Waals surface area contributed by atoms with Crippen molar-refractivity contribution in [1.29, 1.82) is 0 Å². The Morgan fingerprint density at radius 1 is 0.513 bits per heavy atom. The highest BCUT2D eigenvalue weighted by Crippen LogP contribution is 2.54. The van der Waals surface area contributed by atoms with E-state index in [1.807, 2.05) is 41.5 Å². The molecule has 5 aromatic heterocycles. The number of benzene rings is 2. The molecule has 7 aromatic rings. The summed E-state index contributed by atoms with van der Waals surface area (Å²) in [5.41, 5.74) is 13.1. The van der Waals surface area contributed by atoms with E-state index >= 15 is 8.78 Å². The summed E-state index contributed by atoms with van der Waals surface area (Å²) in [4.78, 5) is 27.7. The molecule has 2 spiro atoms. The second kappa shape index (κ2) is 22.8. The number of pyridine rings is 5. The molecule has 4 N–H and O–H groups in total. The Hall–Kier alpha value is -8.17. The number of nitrogens with zero attached hydrogens (tertiary/aromatic N) is 7. The third-order valence-corrected chi connectivity index (χ3v) is 11.9. The molecule has 2 atom stereocenters. The van der Waals surface area contributed by atoms with Gasteiger partial charge in [-0.1, -0.05) is 74.6 Å². The number of nitrogens with two attached hydrogens (primary N) is 2. The van der Waals surface area contributed by atoms with Crippen molar-refractivity contribution in [3.05, 3.63) is 161 Å². The summed E-state index contributed by atoms with van der Waals surface area (Å²) in [5, 5.41) is 0. The van der Waals surface area contributed by atoms with Gasteiger partial charge in [-0.05, 0) is 82.6 Å². The minimum Gasteiger partial charge on any atom is -0.477 e. The number of aromatic nitrogens is 5. The predicted octanol–water partition coefficient (Wildman–Crippen LogP) is 11.8. The Kier molecular flexibility index (Phi) is 16.8. The van der Waals surface area contributed by atoms with Crippen molar-refractivity contribution in [3.63, 3.8) is 0 Å². The number of hydrogen-bond donors (Lipinski definition) is 2. The summed E-state index contributed by atoms with van der Waals surface area (Å²) >= 11 is 0. The van der Waals surface area contributed by atoms with E-state index in [1.54, 1.807) is 72.8 Å². The number of rotatable bonds is 6. The highest BCUT2D eigenvalue weighted by molar-refractivity contribution is 5.85. The Balaban J connectivity index is 0.000000193. The van der Waals surface area contributed by atoms with E-state index in [2.05, 4.69) is 24.9 Å². The number of amidine groups is 2. The van der Waals surface area contributed by atoms with Crippen molar-refractivity contribution < 1.29 is 54.8 Å². The fourth-order valence-corrected chi connectivity index (χ4v) is 8.59. The molecule has 0 fully saturated rings. The normalized spacial score (nSPS) is 17.6. The standard InChI is InChI=1S/2C25H24F2N4O3.C5H3F2N.2CH4/c2*1-24(2,3)12-33-20-10-17-21(23(27)30-20)34-18-7-6-14(15-5-4-8-29-22(15)26)9-16(18)25(17)13-32-11-19(28)31-25;6-4-2-1-3-5(7)8-4;;/h2*4-10H,11-13H2,1-3H3,(H2,28,31);1-3H;2*1H4/t2*25-;;;/m10.../s1. The first-order valence-electron chi connectivity index (χ1n) is 23.8. The van der Waals surface area contributed by atoms with E-state index in [0.717, 1.165) is 12.1 Å². The number of aliphatic imine (C=N–C) groups is 2. The molecule has 0 saturated carbocycles. The van der Waals surface area contributed by atoms with E-state index < -0.39 is 46.8 Å². The number of halogens is 6. The average Bonchev–Trinajstić information content (AvgIpc) is 3.58. The van der Waals surface area contributed by atoms with Crippen molar-refractivity contribution in [2.24, 2.45) is 32.3 Å².